The molecule has 0 saturated carbocycles. The van der Waals surface area contributed by atoms with Crippen molar-refractivity contribution < 1.29 is 5.21 Å². The molecule has 0 aliphatic carbocycles. The minimum absolute atomic E-state index is 0.231. The zero-order chi connectivity index (χ0) is 9.68. The minimum atomic E-state index is 0.231. The van der Waals surface area contributed by atoms with Crippen LogP contribution in [0, 0.1) is 0 Å². The van der Waals surface area contributed by atoms with Crippen molar-refractivity contribution in [3.63, 3.8) is 0 Å². The third-order valence-corrected chi connectivity index (χ3v) is 2.42. The van der Waals surface area contributed by atoms with Gasteiger partial charge < -0.3 is 15.5 Å². The Kier molecular flexibility index (Phi) is 3.56. The first-order valence-corrected chi connectivity index (χ1v) is 4.66. The Hall–Kier alpha value is -1.24. The van der Waals surface area contributed by atoms with Crippen LogP contribution >= 0.6 is 11.8 Å². The van der Waals surface area contributed by atoms with E-state index < -0.39 is 0 Å². The highest BCUT2D eigenvalue weighted by Crippen LogP contribution is 2.13. The highest BCUT2D eigenvalue weighted by molar-refractivity contribution is 7.99. The quantitative estimate of drug-likeness (QED) is 0.236. The highest BCUT2D eigenvalue weighted by Gasteiger charge is 2.01. The molecule has 0 aromatic carbocycles. The van der Waals surface area contributed by atoms with E-state index in [1.54, 1.807) is 6.33 Å². The molecule has 0 atom stereocenters. The average Bonchev–Trinajstić information content (AvgIpc) is 2.52. The van der Waals surface area contributed by atoms with Crippen molar-refractivity contribution in [2.24, 2.45) is 17.9 Å². The van der Waals surface area contributed by atoms with Gasteiger partial charge in [0.1, 0.15) is 12.2 Å². The number of hydrogen-bond donors (Lipinski definition) is 2. The summed E-state index contributed by atoms with van der Waals surface area (Å²) in [6, 6.07) is 0. The molecule has 0 radical (unpaired) electrons. The van der Waals surface area contributed by atoms with Crippen molar-refractivity contribution in [2.75, 3.05) is 5.75 Å². The number of nitrogens with zero attached hydrogens (tertiary/aromatic N) is 4. The van der Waals surface area contributed by atoms with Gasteiger partial charge in [-0.2, -0.15) is 0 Å². The first-order valence-electron chi connectivity index (χ1n) is 3.67. The number of hydrogen-bond acceptors (Lipinski definition) is 5. The summed E-state index contributed by atoms with van der Waals surface area (Å²) in [7, 11) is 1.87. The number of aryl methyl sites for hydroxylation is 1. The van der Waals surface area contributed by atoms with Gasteiger partial charge in [-0.3, -0.25) is 0 Å². The Morgan fingerprint density at radius 3 is 3.15 bits per heavy atom. The predicted octanol–water partition coefficient (Wildman–Crippen LogP) is 0.0437. The Labute approximate surface area is 79.8 Å². The molecular weight excluding hydrogens is 190 g/mol. The van der Waals surface area contributed by atoms with Gasteiger partial charge in [0.15, 0.2) is 5.16 Å². The van der Waals surface area contributed by atoms with E-state index in [2.05, 4.69) is 15.4 Å². The molecule has 0 fully saturated rings. The minimum Gasteiger partial charge on any atom is -0.409 e. The van der Waals surface area contributed by atoms with E-state index in [-0.39, 0.29) is 5.84 Å². The maximum absolute atomic E-state index is 8.27. The summed E-state index contributed by atoms with van der Waals surface area (Å²) in [5.74, 6) is 0.956. The van der Waals surface area contributed by atoms with Gasteiger partial charge in [-0.1, -0.05) is 16.9 Å². The Morgan fingerprint density at radius 2 is 2.62 bits per heavy atom. The normalized spacial score (nSPS) is 11.9. The molecule has 1 heterocycles. The Morgan fingerprint density at radius 1 is 1.85 bits per heavy atom. The maximum Gasteiger partial charge on any atom is 0.190 e. The fourth-order valence-corrected chi connectivity index (χ4v) is 1.55. The zero-order valence-corrected chi connectivity index (χ0v) is 8.03. The molecule has 1 rings (SSSR count). The predicted molar refractivity (Wildman–Crippen MR) is 49.8 cm³/mol. The molecule has 0 amide bonds. The van der Waals surface area contributed by atoms with Gasteiger partial charge >= 0.3 is 0 Å². The molecule has 0 bridgehead atoms. The molecule has 6 nitrogen and oxygen atoms in total. The number of amidine groups is 1. The summed E-state index contributed by atoms with van der Waals surface area (Å²) < 4.78 is 1.82. The molecule has 0 aliphatic rings. The van der Waals surface area contributed by atoms with E-state index >= 15 is 0 Å². The summed E-state index contributed by atoms with van der Waals surface area (Å²) in [5, 5.41) is 19.6. The van der Waals surface area contributed by atoms with Crippen LogP contribution < -0.4 is 5.73 Å². The molecule has 1 aromatic heterocycles. The standard InChI is InChI=1S/C6H11N5OS/c1-11-4-8-9-6(11)13-3-2-5(7)10-12/h4,12H,2-3H2,1H3,(H2,7,10). The molecule has 0 spiro atoms. The van der Waals surface area contributed by atoms with Crippen molar-refractivity contribution in [2.45, 2.75) is 11.6 Å². The molecule has 1 aromatic rings. The second kappa shape index (κ2) is 4.70. The van der Waals surface area contributed by atoms with Gasteiger partial charge in [0.05, 0.1) is 0 Å². The van der Waals surface area contributed by atoms with Gasteiger partial charge in [0.2, 0.25) is 0 Å². The van der Waals surface area contributed by atoms with Crippen LogP contribution in [0.3, 0.4) is 0 Å². The molecule has 7 heteroatoms. The first-order chi connectivity index (χ1) is 6.24. The van der Waals surface area contributed by atoms with Crippen LogP contribution in [0.5, 0.6) is 0 Å². The maximum atomic E-state index is 8.27. The lowest BCUT2D eigenvalue weighted by molar-refractivity contribution is 0.317. The highest BCUT2D eigenvalue weighted by atomic mass is 32.2. The summed E-state index contributed by atoms with van der Waals surface area (Å²) in [4.78, 5) is 0. The SMILES string of the molecule is Cn1cnnc1SCC/C(N)=N/O. The van der Waals surface area contributed by atoms with E-state index in [0.29, 0.717) is 6.42 Å². The van der Waals surface area contributed by atoms with Gasteiger partial charge in [-0.25, -0.2) is 0 Å². The average molecular weight is 201 g/mol. The molecule has 0 aliphatic heterocycles. The van der Waals surface area contributed by atoms with Crippen molar-refractivity contribution >= 4 is 17.6 Å². The second-order valence-corrected chi connectivity index (χ2v) is 3.48. The summed E-state index contributed by atoms with van der Waals surface area (Å²) >= 11 is 1.51. The topological polar surface area (TPSA) is 89.3 Å². The third-order valence-electron chi connectivity index (χ3n) is 1.39. The van der Waals surface area contributed by atoms with Crippen LogP contribution in [-0.2, 0) is 7.05 Å². The largest absolute Gasteiger partial charge is 0.409 e. The van der Waals surface area contributed by atoms with Gasteiger partial charge in [0, 0.05) is 19.2 Å². The van der Waals surface area contributed by atoms with Crippen LogP contribution in [0.15, 0.2) is 16.6 Å². The monoisotopic (exact) mass is 201 g/mol. The lowest BCUT2D eigenvalue weighted by atomic mass is 10.5. The number of oxime groups is 1. The Bertz CT molecular complexity index is 297. The summed E-state index contributed by atoms with van der Waals surface area (Å²) in [5.41, 5.74) is 5.29. The first kappa shape index (κ1) is 9.85. The van der Waals surface area contributed by atoms with Crippen molar-refractivity contribution in [1.82, 2.24) is 14.8 Å². The number of thioether (sulfide) groups is 1. The number of nitrogens with two attached hydrogens (primary N) is 1. The summed E-state index contributed by atoms with van der Waals surface area (Å²) in [6.07, 6.45) is 2.17. The second-order valence-electron chi connectivity index (χ2n) is 2.41. The molecule has 72 valence electrons. The van der Waals surface area contributed by atoms with E-state index in [1.165, 1.54) is 11.8 Å². The van der Waals surface area contributed by atoms with E-state index in [1.807, 2.05) is 11.6 Å². The van der Waals surface area contributed by atoms with Crippen molar-refractivity contribution in [1.29, 1.82) is 0 Å². The van der Waals surface area contributed by atoms with E-state index in [0.717, 1.165) is 10.9 Å². The third kappa shape index (κ3) is 2.94. The van der Waals surface area contributed by atoms with Crippen molar-refractivity contribution in [3.05, 3.63) is 6.33 Å². The van der Waals surface area contributed by atoms with E-state index in [9.17, 15) is 0 Å². The molecule has 0 unspecified atom stereocenters. The number of aromatic nitrogens is 3. The smallest absolute Gasteiger partial charge is 0.190 e. The fraction of sp³-hybridized carbons (Fsp3) is 0.500. The molecular formula is C6H11N5OS. The summed E-state index contributed by atoms with van der Waals surface area (Å²) in [6.45, 7) is 0. The van der Waals surface area contributed by atoms with Gasteiger partial charge in [0.25, 0.3) is 0 Å². The van der Waals surface area contributed by atoms with Crippen molar-refractivity contribution in [3.8, 4) is 0 Å². The molecule has 3 N–H and O–H groups in total. The van der Waals surface area contributed by atoms with Crippen LogP contribution in [0.4, 0.5) is 0 Å². The number of rotatable bonds is 4. The molecule has 0 saturated heterocycles. The van der Waals surface area contributed by atoms with Gasteiger partial charge in [-0.15, -0.1) is 10.2 Å². The fourth-order valence-electron chi connectivity index (χ4n) is 0.700. The van der Waals surface area contributed by atoms with Crippen LogP contribution in [-0.4, -0.2) is 31.6 Å². The lowest BCUT2D eigenvalue weighted by Crippen LogP contribution is -2.12. The van der Waals surface area contributed by atoms with Crippen LogP contribution in [0.1, 0.15) is 6.42 Å². The molecule has 13 heavy (non-hydrogen) atoms. The van der Waals surface area contributed by atoms with E-state index in [4.69, 9.17) is 10.9 Å². The van der Waals surface area contributed by atoms with Gasteiger partial charge in [-0.05, 0) is 0 Å². The zero-order valence-electron chi connectivity index (χ0n) is 7.21. The van der Waals surface area contributed by atoms with Crippen LogP contribution in [0.25, 0.3) is 0 Å². The lowest BCUT2D eigenvalue weighted by Gasteiger charge is -1.98. The Balaban J connectivity index is 2.32. The van der Waals surface area contributed by atoms with Crippen LogP contribution in [0.2, 0.25) is 0 Å².